The molecular weight excluding hydrogens is 140 g/mol. The van der Waals surface area contributed by atoms with Gasteiger partial charge in [-0.2, -0.15) is 0 Å². The molecule has 2 rings (SSSR count). The minimum absolute atomic E-state index is 0.0321. The second kappa shape index (κ2) is 2.51. The molecular formula is C8H10N2O. The molecule has 3 nitrogen and oxygen atoms in total. The van der Waals surface area contributed by atoms with Gasteiger partial charge in [0.1, 0.15) is 0 Å². The first-order chi connectivity index (χ1) is 5.38. The molecule has 1 saturated heterocycles. The average molecular weight is 150 g/mol. The van der Waals surface area contributed by atoms with Crippen LogP contribution in [0.15, 0.2) is 23.1 Å². The maximum atomic E-state index is 11.2. The molecule has 3 heteroatoms. The fraction of sp³-hybridized carbons (Fsp3) is 0.375. The lowest BCUT2D eigenvalue weighted by Crippen LogP contribution is -2.38. The SMILES string of the molecule is O=c1[nH]cccc1[C@H]1CCN1. The highest BCUT2D eigenvalue weighted by molar-refractivity contribution is 5.16. The molecule has 0 radical (unpaired) electrons. The summed E-state index contributed by atoms with van der Waals surface area (Å²) in [7, 11) is 0. The van der Waals surface area contributed by atoms with Gasteiger partial charge in [-0.25, -0.2) is 0 Å². The molecule has 0 aromatic carbocycles. The Morgan fingerprint density at radius 1 is 1.55 bits per heavy atom. The predicted octanol–water partition coefficient (Wildman–Crippen LogP) is 0.409. The Hall–Kier alpha value is -1.09. The number of nitrogens with one attached hydrogen (secondary N) is 2. The molecule has 0 unspecified atom stereocenters. The number of rotatable bonds is 1. The van der Waals surface area contributed by atoms with Crippen LogP contribution in [0.25, 0.3) is 0 Å². The quantitative estimate of drug-likeness (QED) is 0.609. The highest BCUT2D eigenvalue weighted by atomic mass is 16.1. The van der Waals surface area contributed by atoms with E-state index in [4.69, 9.17) is 0 Å². The second-order valence-electron chi connectivity index (χ2n) is 2.75. The Morgan fingerprint density at radius 2 is 2.36 bits per heavy atom. The molecule has 1 aromatic rings. The zero-order valence-electron chi connectivity index (χ0n) is 6.13. The zero-order chi connectivity index (χ0) is 7.68. The average Bonchev–Trinajstić information content (AvgIpc) is 1.90. The van der Waals surface area contributed by atoms with Crippen molar-refractivity contribution in [3.63, 3.8) is 0 Å². The standard InChI is InChI=1S/C8H10N2O/c11-8-6(2-1-4-10-8)7-3-5-9-7/h1-2,4,7,9H,3,5H2,(H,10,11)/t7-/m1/s1. The van der Waals surface area contributed by atoms with Crippen molar-refractivity contribution in [3.8, 4) is 0 Å². The van der Waals surface area contributed by atoms with Crippen molar-refractivity contribution in [2.24, 2.45) is 0 Å². The lowest BCUT2D eigenvalue weighted by atomic mass is 10.00. The fourth-order valence-electron chi connectivity index (χ4n) is 1.26. The van der Waals surface area contributed by atoms with Crippen molar-refractivity contribution in [1.29, 1.82) is 0 Å². The van der Waals surface area contributed by atoms with Crippen molar-refractivity contribution in [2.75, 3.05) is 6.54 Å². The lowest BCUT2D eigenvalue weighted by Gasteiger charge is -2.26. The Bertz CT molecular complexity index is 301. The number of H-pyrrole nitrogens is 1. The van der Waals surface area contributed by atoms with E-state index in [2.05, 4.69) is 10.3 Å². The van der Waals surface area contributed by atoms with Crippen molar-refractivity contribution < 1.29 is 0 Å². The summed E-state index contributed by atoms with van der Waals surface area (Å²) in [5, 5.41) is 3.18. The van der Waals surface area contributed by atoms with Crippen LogP contribution in [0.4, 0.5) is 0 Å². The van der Waals surface area contributed by atoms with Crippen LogP contribution in [0.5, 0.6) is 0 Å². The van der Waals surface area contributed by atoms with E-state index in [9.17, 15) is 4.79 Å². The van der Waals surface area contributed by atoms with Gasteiger partial charge in [-0.05, 0) is 19.0 Å². The normalized spacial score (nSPS) is 22.7. The molecule has 11 heavy (non-hydrogen) atoms. The van der Waals surface area contributed by atoms with E-state index in [1.165, 1.54) is 0 Å². The summed E-state index contributed by atoms with van der Waals surface area (Å²) in [5.74, 6) is 0. The molecule has 58 valence electrons. The van der Waals surface area contributed by atoms with Gasteiger partial charge in [0.15, 0.2) is 0 Å². The molecule has 1 aromatic heterocycles. The van der Waals surface area contributed by atoms with Crippen molar-refractivity contribution >= 4 is 0 Å². The van der Waals surface area contributed by atoms with Crippen LogP contribution in [-0.4, -0.2) is 11.5 Å². The Kier molecular flexibility index (Phi) is 1.51. The molecule has 0 spiro atoms. The summed E-state index contributed by atoms with van der Waals surface area (Å²) in [6.07, 6.45) is 2.73. The van der Waals surface area contributed by atoms with E-state index in [-0.39, 0.29) is 5.56 Å². The van der Waals surface area contributed by atoms with Crippen LogP contribution in [0.2, 0.25) is 0 Å². The van der Waals surface area contributed by atoms with Crippen molar-refractivity contribution in [2.45, 2.75) is 12.5 Å². The molecule has 1 aliphatic rings. The number of aromatic amines is 1. The molecule has 2 N–H and O–H groups in total. The highest BCUT2D eigenvalue weighted by Gasteiger charge is 2.20. The molecule has 1 fully saturated rings. The minimum Gasteiger partial charge on any atom is -0.329 e. The Balaban J connectivity index is 2.36. The monoisotopic (exact) mass is 150 g/mol. The summed E-state index contributed by atoms with van der Waals surface area (Å²) >= 11 is 0. The lowest BCUT2D eigenvalue weighted by molar-refractivity contribution is 0.380. The Labute approximate surface area is 64.5 Å². The molecule has 2 heterocycles. The first kappa shape index (κ1) is 6.61. The van der Waals surface area contributed by atoms with E-state index < -0.39 is 0 Å². The van der Waals surface area contributed by atoms with Gasteiger partial charge < -0.3 is 10.3 Å². The van der Waals surface area contributed by atoms with Crippen LogP contribution in [0.1, 0.15) is 18.0 Å². The van der Waals surface area contributed by atoms with Crippen molar-refractivity contribution in [1.82, 2.24) is 10.3 Å². The summed E-state index contributed by atoms with van der Waals surface area (Å²) in [6, 6.07) is 4.02. The molecule has 1 aliphatic heterocycles. The topological polar surface area (TPSA) is 44.9 Å². The van der Waals surface area contributed by atoms with Crippen LogP contribution in [-0.2, 0) is 0 Å². The van der Waals surface area contributed by atoms with Gasteiger partial charge in [-0.1, -0.05) is 6.07 Å². The van der Waals surface area contributed by atoms with E-state index in [1.807, 2.05) is 12.1 Å². The van der Waals surface area contributed by atoms with E-state index in [1.54, 1.807) is 6.20 Å². The van der Waals surface area contributed by atoms with Gasteiger partial charge >= 0.3 is 0 Å². The molecule has 0 amide bonds. The first-order valence-electron chi connectivity index (χ1n) is 3.79. The molecule has 0 saturated carbocycles. The summed E-state index contributed by atoms with van der Waals surface area (Å²) in [5.41, 5.74) is 0.892. The van der Waals surface area contributed by atoms with Crippen LogP contribution >= 0.6 is 0 Å². The van der Waals surface area contributed by atoms with Crippen molar-refractivity contribution in [3.05, 3.63) is 34.2 Å². The van der Waals surface area contributed by atoms with E-state index >= 15 is 0 Å². The maximum absolute atomic E-state index is 11.2. The molecule has 0 bridgehead atoms. The smallest absolute Gasteiger partial charge is 0.252 e. The van der Waals surface area contributed by atoms with E-state index in [0.29, 0.717) is 6.04 Å². The number of pyridine rings is 1. The molecule has 0 aliphatic carbocycles. The number of hydrogen-bond acceptors (Lipinski definition) is 2. The fourth-order valence-corrected chi connectivity index (χ4v) is 1.26. The third-order valence-corrected chi connectivity index (χ3v) is 2.05. The van der Waals surface area contributed by atoms with Crippen LogP contribution in [0.3, 0.4) is 0 Å². The molecule has 1 atom stereocenters. The van der Waals surface area contributed by atoms with Crippen LogP contribution < -0.4 is 10.9 Å². The first-order valence-corrected chi connectivity index (χ1v) is 3.79. The van der Waals surface area contributed by atoms with Gasteiger partial charge in [0, 0.05) is 17.8 Å². The zero-order valence-corrected chi connectivity index (χ0v) is 6.13. The van der Waals surface area contributed by atoms with Gasteiger partial charge in [0.05, 0.1) is 0 Å². The van der Waals surface area contributed by atoms with Gasteiger partial charge in [-0.3, -0.25) is 4.79 Å². The summed E-state index contributed by atoms with van der Waals surface area (Å²) in [4.78, 5) is 13.8. The van der Waals surface area contributed by atoms with Gasteiger partial charge in [0.2, 0.25) is 0 Å². The third-order valence-electron chi connectivity index (χ3n) is 2.05. The third kappa shape index (κ3) is 1.07. The predicted molar refractivity (Wildman–Crippen MR) is 42.4 cm³/mol. The Morgan fingerprint density at radius 3 is 2.91 bits per heavy atom. The highest BCUT2D eigenvalue weighted by Crippen LogP contribution is 2.18. The van der Waals surface area contributed by atoms with Gasteiger partial charge in [-0.15, -0.1) is 0 Å². The maximum Gasteiger partial charge on any atom is 0.252 e. The summed E-state index contributed by atoms with van der Waals surface area (Å²) < 4.78 is 0. The van der Waals surface area contributed by atoms with Gasteiger partial charge in [0.25, 0.3) is 5.56 Å². The largest absolute Gasteiger partial charge is 0.329 e. The van der Waals surface area contributed by atoms with E-state index in [0.717, 1.165) is 18.5 Å². The van der Waals surface area contributed by atoms with Crippen LogP contribution in [0, 0.1) is 0 Å². The minimum atomic E-state index is 0.0321. The second-order valence-corrected chi connectivity index (χ2v) is 2.75. The summed E-state index contributed by atoms with van der Waals surface area (Å²) in [6.45, 7) is 1.03. The number of hydrogen-bond donors (Lipinski definition) is 2. The number of aromatic nitrogens is 1.